The highest BCUT2D eigenvalue weighted by molar-refractivity contribution is 6.30. The summed E-state index contributed by atoms with van der Waals surface area (Å²) in [5.41, 5.74) is 2.05. The van der Waals surface area contributed by atoms with Crippen molar-refractivity contribution in [2.75, 3.05) is 11.9 Å². The van der Waals surface area contributed by atoms with Gasteiger partial charge in [0.15, 0.2) is 0 Å². The van der Waals surface area contributed by atoms with Gasteiger partial charge in [-0.25, -0.2) is 0 Å². The van der Waals surface area contributed by atoms with Crippen LogP contribution in [0.4, 0.5) is 5.69 Å². The Morgan fingerprint density at radius 2 is 1.94 bits per heavy atom. The highest BCUT2D eigenvalue weighted by Crippen LogP contribution is 2.36. The minimum Gasteiger partial charge on any atom is -0.508 e. The first-order valence-electron chi connectivity index (χ1n) is 5.70. The topological polar surface area (TPSA) is 41.5 Å². The van der Waals surface area contributed by atoms with Gasteiger partial charge in [0.25, 0.3) is 0 Å². The fourth-order valence-corrected chi connectivity index (χ4v) is 2.19. The van der Waals surface area contributed by atoms with Crippen molar-refractivity contribution in [2.24, 2.45) is 0 Å². The van der Waals surface area contributed by atoms with Crippen molar-refractivity contribution in [3.63, 3.8) is 0 Å². The van der Waals surface area contributed by atoms with E-state index in [0.29, 0.717) is 11.6 Å². The molecule has 1 atom stereocenters. The zero-order valence-electron chi connectivity index (χ0n) is 9.56. The van der Waals surface area contributed by atoms with Crippen LogP contribution in [0.5, 0.6) is 11.5 Å². The van der Waals surface area contributed by atoms with Gasteiger partial charge in [0, 0.05) is 22.3 Å². The van der Waals surface area contributed by atoms with Crippen molar-refractivity contribution >= 4 is 17.3 Å². The van der Waals surface area contributed by atoms with Gasteiger partial charge in [-0.1, -0.05) is 11.6 Å². The maximum absolute atomic E-state index is 9.39. The molecule has 4 heteroatoms. The summed E-state index contributed by atoms with van der Waals surface area (Å²) in [6, 6.07) is 12.8. The molecule has 3 nitrogen and oxygen atoms in total. The monoisotopic (exact) mass is 261 g/mol. The number of rotatable bonds is 2. The summed E-state index contributed by atoms with van der Waals surface area (Å²) in [7, 11) is 0. The predicted molar refractivity (Wildman–Crippen MR) is 71.4 cm³/mol. The summed E-state index contributed by atoms with van der Waals surface area (Å²) in [4.78, 5) is 0. The van der Waals surface area contributed by atoms with E-state index >= 15 is 0 Å². The van der Waals surface area contributed by atoms with Crippen molar-refractivity contribution in [1.82, 2.24) is 0 Å². The fourth-order valence-electron chi connectivity index (χ4n) is 2.07. The lowest BCUT2D eigenvalue weighted by molar-refractivity contribution is 0.338. The van der Waals surface area contributed by atoms with Gasteiger partial charge >= 0.3 is 0 Å². The van der Waals surface area contributed by atoms with E-state index in [2.05, 4.69) is 5.32 Å². The molecule has 0 amide bonds. The summed E-state index contributed by atoms with van der Waals surface area (Å²) in [6.07, 6.45) is 0. The third kappa shape index (κ3) is 2.09. The van der Waals surface area contributed by atoms with E-state index < -0.39 is 0 Å². The van der Waals surface area contributed by atoms with Crippen molar-refractivity contribution in [3.8, 4) is 11.5 Å². The Balaban J connectivity index is 1.82. The zero-order chi connectivity index (χ0) is 12.5. The van der Waals surface area contributed by atoms with Crippen molar-refractivity contribution in [2.45, 2.75) is 6.04 Å². The van der Waals surface area contributed by atoms with E-state index in [9.17, 15) is 5.11 Å². The van der Waals surface area contributed by atoms with Crippen LogP contribution in [0.3, 0.4) is 0 Å². The quantitative estimate of drug-likeness (QED) is 0.868. The molecule has 0 saturated heterocycles. The first-order valence-corrected chi connectivity index (χ1v) is 6.08. The standard InChI is InChI=1S/C14H12ClNO2/c15-9-1-3-10(4-2-9)16-13-8-18-14-7-11(17)5-6-12(13)14/h1-7,13,16-17H,8H2. The van der Waals surface area contributed by atoms with Crippen LogP contribution in [0.2, 0.25) is 5.02 Å². The summed E-state index contributed by atoms with van der Waals surface area (Å²) in [5, 5.41) is 13.5. The number of benzene rings is 2. The molecule has 0 radical (unpaired) electrons. The number of phenols is 1. The molecule has 3 rings (SSSR count). The van der Waals surface area contributed by atoms with Crippen LogP contribution in [0.15, 0.2) is 42.5 Å². The van der Waals surface area contributed by atoms with Gasteiger partial charge in [-0.3, -0.25) is 0 Å². The third-order valence-corrected chi connectivity index (χ3v) is 3.22. The molecular weight excluding hydrogens is 250 g/mol. The summed E-state index contributed by atoms with van der Waals surface area (Å²) in [5.74, 6) is 0.961. The van der Waals surface area contributed by atoms with Gasteiger partial charge in [-0.2, -0.15) is 0 Å². The first-order chi connectivity index (χ1) is 8.72. The van der Waals surface area contributed by atoms with Crippen LogP contribution in [0.1, 0.15) is 11.6 Å². The van der Waals surface area contributed by atoms with Crippen LogP contribution in [0, 0.1) is 0 Å². The maximum atomic E-state index is 9.39. The minimum atomic E-state index is 0.0989. The van der Waals surface area contributed by atoms with E-state index in [4.69, 9.17) is 16.3 Å². The molecule has 92 valence electrons. The molecule has 1 aliphatic heterocycles. The number of fused-ring (bicyclic) bond motifs is 1. The second-order valence-electron chi connectivity index (χ2n) is 4.24. The lowest BCUT2D eigenvalue weighted by atomic mass is 10.1. The fraction of sp³-hybridized carbons (Fsp3) is 0.143. The normalized spacial score (nSPS) is 17.1. The molecule has 0 saturated carbocycles. The number of hydrogen-bond donors (Lipinski definition) is 2. The Labute approximate surface area is 110 Å². The van der Waals surface area contributed by atoms with Gasteiger partial charge in [0.05, 0.1) is 6.04 Å². The van der Waals surface area contributed by atoms with Crippen LogP contribution < -0.4 is 10.1 Å². The summed E-state index contributed by atoms with van der Waals surface area (Å²) < 4.78 is 5.54. The number of halogens is 1. The lowest BCUT2D eigenvalue weighted by Gasteiger charge is -2.13. The maximum Gasteiger partial charge on any atom is 0.128 e. The van der Waals surface area contributed by atoms with Crippen LogP contribution in [0.25, 0.3) is 0 Å². The number of phenolic OH excluding ortho intramolecular Hbond substituents is 1. The molecule has 0 spiro atoms. The Morgan fingerprint density at radius 3 is 2.72 bits per heavy atom. The number of hydrogen-bond acceptors (Lipinski definition) is 3. The molecule has 1 unspecified atom stereocenters. The summed E-state index contributed by atoms with van der Waals surface area (Å²) in [6.45, 7) is 0.557. The lowest BCUT2D eigenvalue weighted by Crippen LogP contribution is -2.11. The van der Waals surface area contributed by atoms with Gasteiger partial charge in [-0.15, -0.1) is 0 Å². The van der Waals surface area contributed by atoms with Gasteiger partial charge in [-0.05, 0) is 36.4 Å². The van der Waals surface area contributed by atoms with Gasteiger partial charge in [0.1, 0.15) is 18.1 Å². The van der Waals surface area contributed by atoms with Crippen LogP contribution >= 0.6 is 11.6 Å². The highest BCUT2D eigenvalue weighted by atomic mass is 35.5. The SMILES string of the molecule is Oc1ccc2c(c1)OCC2Nc1ccc(Cl)cc1. The highest BCUT2D eigenvalue weighted by Gasteiger charge is 2.24. The molecular formula is C14H12ClNO2. The zero-order valence-corrected chi connectivity index (χ0v) is 10.3. The molecule has 0 aliphatic carbocycles. The van der Waals surface area contributed by atoms with Crippen molar-refractivity contribution in [1.29, 1.82) is 0 Å². The predicted octanol–water partition coefficient (Wildman–Crippen LogP) is 3.59. The van der Waals surface area contributed by atoms with Gasteiger partial charge < -0.3 is 15.2 Å². The number of ether oxygens (including phenoxy) is 1. The molecule has 2 aromatic rings. The third-order valence-electron chi connectivity index (χ3n) is 2.96. The molecule has 2 aromatic carbocycles. The van der Waals surface area contributed by atoms with E-state index in [1.165, 1.54) is 0 Å². The molecule has 0 fully saturated rings. The van der Waals surface area contributed by atoms with E-state index in [1.54, 1.807) is 12.1 Å². The second-order valence-corrected chi connectivity index (χ2v) is 4.67. The van der Waals surface area contributed by atoms with Crippen LogP contribution in [-0.2, 0) is 0 Å². The van der Waals surface area contributed by atoms with E-state index in [0.717, 1.165) is 17.0 Å². The molecule has 0 aromatic heterocycles. The molecule has 18 heavy (non-hydrogen) atoms. The molecule has 1 aliphatic rings. The molecule has 2 N–H and O–H groups in total. The smallest absolute Gasteiger partial charge is 0.128 e. The second kappa shape index (κ2) is 4.42. The van der Waals surface area contributed by atoms with Crippen molar-refractivity contribution < 1.29 is 9.84 Å². The van der Waals surface area contributed by atoms with E-state index in [-0.39, 0.29) is 11.8 Å². The Hall–Kier alpha value is -1.87. The van der Waals surface area contributed by atoms with Crippen LogP contribution in [-0.4, -0.2) is 11.7 Å². The van der Waals surface area contributed by atoms with E-state index in [1.807, 2.05) is 30.3 Å². The Morgan fingerprint density at radius 1 is 1.17 bits per heavy atom. The first kappa shape index (κ1) is 11.2. The summed E-state index contributed by atoms with van der Waals surface area (Å²) >= 11 is 5.85. The number of aromatic hydroxyl groups is 1. The molecule has 0 bridgehead atoms. The average molecular weight is 262 g/mol. The molecule has 1 heterocycles. The average Bonchev–Trinajstić information content (AvgIpc) is 2.74. The van der Waals surface area contributed by atoms with Gasteiger partial charge in [0.2, 0.25) is 0 Å². The largest absolute Gasteiger partial charge is 0.508 e. The number of nitrogens with one attached hydrogen (secondary N) is 1. The van der Waals surface area contributed by atoms with Crippen molar-refractivity contribution in [3.05, 3.63) is 53.1 Å². The Bertz CT molecular complexity index is 569. The minimum absolute atomic E-state index is 0.0989. The Kier molecular flexibility index (Phi) is 2.76. The number of anilines is 1.